The van der Waals surface area contributed by atoms with Crippen LogP contribution in [-0.2, 0) is 0 Å². The predicted octanol–water partition coefficient (Wildman–Crippen LogP) is 3.38. The molecule has 1 N–H and O–H groups in total. The fraction of sp³-hybridized carbons (Fsp3) is 0.556. The first-order valence-corrected chi connectivity index (χ1v) is 5.16. The molecular weight excluding hydrogens is 221 g/mol. The SMILES string of the molecule is CCC(C)(C)Nc1nc(Cl)ncc1Cl. The van der Waals surface area contributed by atoms with Gasteiger partial charge in [0.2, 0.25) is 5.28 Å². The van der Waals surface area contributed by atoms with Crippen molar-refractivity contribution < 1.29 is 0 Å². The number of aromatic nitrogens is 2. The average Bonchev–Trinajstić information content (AvgIpc) is 2.11. The summed E-state index contributed by atoms with van der Waals surface area (Å²) in [7, 11) is 0. The normalized spacial score (nSPS) is 11.5. The number of anilines is 1. The summed E-state index contributed by atoms with van der Waals surface area (Å²) in [5.74, 6) is 0.582. The van der Waals surface area contributed by atoms with Gasteiger partial charge in [-0.05, 0) is 31.9 Å². The molecule has 1 heterocycles. The monoisotopic (exact) mass is 233 g/mol. The van der Waals surface area contributed by atoms with Gasteiger partial charge in [-0.25, -0.2) is 4.98 Å². The minimum atomic E-state index is -0.0542. The van der Waals surface area contributed by atoms with Crippen molar-refractivity contribution in [2.24, 2.45) is 0 Å². The first-order valence-electron chi connectivity index (χ1n) is 4.41. The fourth-order valence-corrected chi connectivity index (χ4v) is 1.11. The van der Waals surface area contributed by atoms with Gasteiger partial charge < -0.3 is 5.32 Å². The first-order chi connectivity index (χ1) is 6.44. The quantitative estimate of drug-likeness (QED) is 0.814. The van der Waals surface area contributed by atoms with E-state index in [4.69, 9.17) is 23.2 Å². The second-order valence-corrected chi connectivity index (χ2v) is 4.44. The molecule has 0 atom stereocenters. The number of rotatable bonds is 3. The average molecular weight is 234 g/mol. The highest BCUT2D eigenvalue weighted by Gasteiger charge is 2.17. The fourth-order valence-electron chi connectivity index (χ4n) is 0.842. The van der Waals surface area contributed by atoms with E-state index in [1.165, 1.54) is 6.20 Å². The Morgan fingerprint density at radius 1 is 1.43 bits per heavy atom. The summed E-state index contributed by atoms with van der Waals surface area (Å²) in [6.07, 6.45) is 2.45. The second-order valence-electron chi connectivity index (χ2n) is 3.70. The molecular formula is C9H13Cl2N3. The lowest BCUT2D eigenvalue weighted by atomic mass is 10.0. The van der Waals surface area contributed by atoms with Crippen LogP contribution in [-0.4, -0.2) is 15.5 Å². The standard InChI is InChI=1S/C9H13Cl2N3/c1-4-9(2,3)14-7-6(10)5-12-8(11)13-7/h5H,4H2,1-3H3,(H,12,13,14). The van der Waals surface area contributed by atoms with Crippen LogP contribution in [0, 0.1) is 0 Å². The van der Waals surface area contributed by atoms with E-state index in [1.54, 1.807) is 0 Å². The molecule has 0 spiro atoms. The summed E-state index contributed by atoms with van der Waals surface area (Å²) >= 11 is 11.6. The maximum atomic E-state index is 5.91. The molecule has 0 saturated heterocycles. The highest BCUT2D eigenvalue weighted by Crippen LogP contribution is 2.24. The van der Waals surface area contributed by atoms with Crippen molar-refractivity contribution >= 4 is 29.0 Å². The Morgan fingerprint density at radius 3 is 2.64 bits per heavy atom. The number of nitrogens with zero attached hydrogens (tertiary/aromatic N) is 2. The topological polar surface area (TPSA) is 37.8 Å². The molecule has 0 aromatic carbocycles. The zero-order valence-corrected chi connectivity index (χ0v) is 9.95. The molecule has 5 heteroatoms. The van der Waals surface area contributed by atoms with E-state index >= 15 is 0 Å². The highest BCUT2D eigenvalue weighted by atomic mass is 35.5. The molecule has 0 aliphatic rings. The zero-order chi connectivity index (χ0) is 10.8. The number of nitrogens with one attached hydrogen (secondary N) is 1. The van der Waals surface area contributed by atoms with Crippen LogP contribution < -0.4 is 5.32 Å². The molecule has 1 rings (SSSR count). The highest BCUT2D eigenvalue weighted by molar-refractivity contribution is 6.33. The van der Waals surface area contributed by atoms with Crippen molar-refractivity contribution in [1.29, 1.82) is 0 Å². The molecule has 0 unspecified atom stereocenters. The lowest BCUT2D eigenvalue weighted by molar-refractivity contribution is 0.545. The van der Waals surface area contributed by atoms with Crippen LogP contribution in [0.4, 0.5) is 5.82 Å². The Kier molecular flexibility index (Phi) is 3.56. The van der Waals surface area contributed by atoms with Gasteiger partial charge in [-0.3, -0.25) is 0 Å². The molecule has 14 heavy (non-hydrogen) atoms. The molecule has 0 saturated carbocycles. The Bertz CT molecular complexity index is 326. The summed E-state index contributed by atoms with van der Waals surface area (Å²) in [6.45, 7) is 6.22. The van der Waals surface area contributed by atoms with E-state index in [0.717, 1.165) is 6.42 Å². The van der Waals surface area contributed by atoms with Gasteiger partial charge in [-0.1, -0.05) is 18.5 Å². The minimum absolute atomic E-state index is 0.0542. The number of halogens is 2. The van der Waals surface area contributed by atoms with Gasteiger partial charge in [0, 0.05) is 5.54 Å². The van der Waals surface area contributed by atoms with Crippen LogP contribution in [0.3, 0.4) is 0 Å². The Balaban J connectivity index is 2.91. The second kappa shape index (κ2) is 4.32. The van der Waals surface area contributed by atoms with Gasteiger partial charge in [-0.2, -0.15) is 4.98 Å². The van der Waals surface area contributed by atoms with E-state index in [2.05, 4.69) is 36.1 Å². The van der Waals surface area contributed by atoms with Crippen LogP contribution in [0.1, 0.15) is 27.2 Å². The third-order valence-electron chi connectivity index (χ3n) is 2.06. The van der Waals surface area contributed by atoms with Crippen LogP contribution in [0.25, 0.3) is 0 Å². The maximum absolute atomic E-state index is 5.91. The molecule has 0 fully saturated rings. The summed E-state index contributed by atoms with van der Waals surface area (Å²) in [6, 6.07) is 0. The molecule has 0 aliphatic carbocycles. The third kappa shape index (κ3) is 3.00. The van der Waals surface area contributed by atoms with Crippen LogP contribution >= 0.6 is 23.2 Å². The van der Waals surface area contributed by atoms with Crippen molar-refractivity contribution in [3.8, 4) is 0 Å². The minimum Gasteiger partial charge on any atom is -0.364 e. The van der Waals surface area contributed by atoms with Crippen molar-refractivity contribution in [1.82, 2.24) is 9.97 Å². The number of hydrogen-bond acceptors (Lipinski definition) is 3. The third-order valence-corrected chi connectivity index (χ3v) is 2.51. The van der Waals surface area contributed by atoms with E-state index < -0.39 is 0 Å². The number of hydrogen-bond donors (Lipinski definition) is 1. The zero-order valence-electron chi connectivity index (χ0n) is 8.43. The van der Waals surface area contributed by atoms with Crippen molar-refractivity contribution in [2.75, 3.05) is 5.32 Å². The summed E-state index contributed by atoms with van der Waals surface area (Å²) in [4.78, 5) is 7.79. The molecule has 0 aliphatic heterocycles. The van der Waals surface area contributed by atoms with Crippen molar-refractivity contribution in [2.45, 2.75) is 32.7 Å². The first kappa shape index (κ1) is 11.5. The van der Waals surface area contributed by atoms with Crippen molar-refractivity contribution in [3.05, 3.63) is 16.5 Å². The Morgan fingerprint density at radius 2 is 2.07 bits per heavy atom. The molecule has 0 radical (unpaired) electrons. The predicted molar refractivity (Wildman–Crippen MR) is 60.0 cm³/mol. The van der Waals surface area contributed by atoms with Crippen LogP contribution in [0.15, 0.2) is 6.20 Å². The molecule has 0 amide bonds. The summed E-state index contributed by atoms with van der Waals surface area (Å²) in [5.41, 5.74) is -0.0542. The molecule has 3 nitrogen and oxygen atoms in total. The van der Waals surface area contributed by atoms with Gasteiger partial charge in [0.05, 0.1) is 6.20 Å². The smallest absolute Gasteiger partial charge is 0.224 e. The van der Waals surface area contributed by atoms with Crippen LogP contribution in [0.5, 0.6) is 0 Å². The Hall–Kier alpha value is -0.540. The van der Waals surface area contributed by atoms with Crippen molar-refractivity contribution in [3.63, 3.8) is 0 Å². The van der Waals surface area contributed by atoms with E-state index in [-0.39, 0.29) is 10.8 Å². The summed E-state index contributed by atoms with van der Waals surface area (Å²) < 4.78 is 0. The van der Waals surface area contributed by atoms with Gasteiger partial charge in [0.1, 0.15) is 10.8 Å². The van der Waals surface area contributed by atoms with Gasteiger partial charge >= 0.3 is 0 Å². The van der Waals surface area contributed by atoms with E-state index in [9.17, 15) is 0 Å². The van der Waals surface area contributed by atoms with Gasteiger partial charge in [0.25, 0.3) is 0 Å². The Labute approximate surface area is 93.9 Å². The lowest BCUT2D eigenvalue weighted by Crippen LogP contribution is -2.30. The summed E-state index contributed by atoms with van der Waals surface area (Å²) in [5, 5.41) is 3.89. The largest absolute Gasteiger partial charge is 0.364 e. The molecule has 1 aromatic heterocycles. The van der Waals surface area contributed by atoms with Gasteiger partial charge in [-0.15, -0.1) is 0 Å². The van der Waals surface area contributed by atoms with Gasteiger partial charge in [0.15, 0.2) is 0 Å². The van der Waals surface area contributed by atoms with E-state index in [1.807, 2.05) is 0 Å². The van der Waals surface area contributed by atoms with E-state index in [0.29, 0.717) is 10.8 Å². The molecule has 1 aromatic rings. The van der Waals surface area contributed by atoms with Crippen LogP contribution in [0.2, 0.25) is 10.3 Å². The maximum Gasteiger partial charge on any atom is 0.224 e. The lowest BCUT2D eigenvalue weighted by Gasteiger charge is -2.25. The molecule has 78 valence electrons. The molecule has 0 bridgehead atoms.